The first-order valence-electron chi connectivity index (χ1n) is 8.74. The van der Waals surface area contributed by atoms with Crippen molar-refractivity contribution in [3.63, 3.8) is 0 Å². The smallest absolute Gasteiger partial charge is 0.241 e. The highest BCUT2D eigenvalue weighted by atomic mass is 15.3. The Morgan fingerprint density at radius 1 is 1.12 bits per heavy atom. The molecule has 0 bridgehead atoms. The first kappa shape index (κ1) is 15.3. The van der Waals surface area contributed by atoms with E-state index in [1.807, 2.05) is 46.0 Å². The third kappa shape index (κ3) is 2.50. The monoisotopic (exact) mass is 348 g/mol. The minimum Gasteiger partial charge on any atom is -0.350 e. The van der Waals surface area contributed by atoms with Gasteiger partial charge in [-0.15, -0.1) is 5.10 Å². The minimum atomic E-state index is 0.447. The largest absolute Gasteiger partial charge is 0.350 e. The van der Waals surface area contributed by atoms with Gasteiger partial charge >= 0.3 is 0 Å². The van der Waals surface area contributed by atoms with Crippen molar-refractivity contribution < 1.29 is 0 Å². The molecule has 8 heteroatoms. The Hall–Kier alpha value is -3.00. The number of imidazole rings is 1. The second kappa shape index (κ2) is 5.77. The summed E-state index contributed by atoms with van der Waals surface area (Å²) >= 11 is 0. The van der Waals surface area contributed by atoms with Gasteiger partial charge in [0.15, 0.2) is 0 Å². The van der Waals surface area contributed by atoms with E-state index in [1.165, 1.54) is 0 Å². The van der Waals surface area contributed by atoms with Crippen LogP contribution in [0.25, 0.3) is 22.4 Å². The summed E-state index contributed by atoms with van der Waals surface area (Å²) in [5.41, 5.74) is 3.02. The van der Waals surface area contributed by atoms with Crippen LogP contribution in [0.2, 0.25) is 0 Å². The molecule has 1 fully saturated rings. The molecule has 0 aliphatic heterocycles. The van der Waals surface area contributed by atoms with Crippen LogP contribution in [0.3, 0.4) is 0 Å². The van der Waals surface area contributed by atoms with E-state index < -0.39 is 0 Å². The van der Waals surface area contributed by atoms with Gasteiger partial charge in [0.25, 0.3) is 0 Å². The van der Waals surface area contributed by atoms with Crippen molar-refractivity contribution in [3.05, 3.63) is 43.2 Å². The van der Waals surface area contributed by atoms with E-state index in [9.17, 15) is 0 Å². The molecule has 26 heavy (non-hydrogen) atoms. The molecule has 0 saturated heterocycles. The highest BCUT2D eigenvalue weighted by molar-refractivity contribution is 5.79. The highest BCUT2D eigenvalue weighted by Crippen LogP contribution is 2.27. The lowest BCUT2D eigenvalue weighted by molar-refractivity contribution is 0.177. The van der Waals surface area contributed by atoms with Crippen molar-refractivity contribution in [1.29, 1.82) is 0 Å². The van der Waals surface area contributed by atoms with Crippen molar-refractivity contribution in [2.75, 3.05) is 19.4 Å². The Morgan fingerprint density at radius 2 is 2.00 bits per heavy atom. The fourth-order valence-electron chi connectivity index (χ4n) is 3.48. The van der Waals surface area contributed by atoms with Gasteiger partial charge < -0.3 is 10.2 Å². The van der Waals surface area contributed by atoms with Crippen molar-refractivity contribution in [1.82, 2.24) is 33.9 Å². The van der Waals surface area contributed by atoms with Crippen LogP contribution in [0.5, 0.6) is 0 Å². The van der Waals surface area contributed by atoms with E-state index in [0.717, 1.165) is 29.5 Å². The zero-order chi connectivity index (χ0) is 17.7. The number of hydrogen-bond donors (Lipinski definition) is 1. The maximum absolute atomic E-state index is 4.61. The minimum absolute atomic E-state index is 0.447. The van der Waals surface area contributed by atoms with Gasteiger partial charge in [-0.05, 0) is 33.0 Å². The summed E-state index contributed by atoms with van der Waals surface area (Å²) in [5.74, 6) is 1.36. The summed E-state index contributed by atoms with van der Waals surface area (Å²) < 4.78 is 3.78. The topological polar surface area (TPSA) is 75.6 Å². The molecule has 0 spiro atoms. The number of nitrogens with one attached hydrogen (secondary N) is 1. The Bertz CT molecular complexity index is 1070. The molecular formula is C18H20N8. The molecule has 4 heterocycles. The molecule has 5 rings (SSSR count). The van der Waals surface area contributed by atoms with Crippen molar-refractivity contribution >= 4 is 17.2 Å². The van der Waals surface area contributed by atoms with E-state index in [-0.39, 0.29) is 0 Å². The van der Waals surface area contributed by atoms with Crippen LogP contribution < -0.4 is 5.32 Å². The first-order chi connectivity index (χ1) is 12.7. The third-order valence-corrected chi connectivity index (χ3v) is 5.15. The molecule has 0 radical (unpaired) electrons. The third-order valence-electron chi connectivity index (χ3n) is 5.15. The van der Waals surface area contributed by atoms with Crippen LogP contribution in [0.15, 0.2) is 43.2 Å². The Labute approximate surface area is 150 Å². The molecule has 8 nitrogen and oxygen atoms in total. The second-order valence-electron chi connectivity index (χ2n) is 7.05. The standard InChI is InChI=1S/C18H20N8/c1-24(2)14-7-13(8-14)22-17-20-10-16-15(3-5-26(16)23-17)12-9-21-18-19-4-6-25(18)11-12/h3-6,9-11,13-14H,7-8H2,1-2H3,(H,22,23)/t13-,14+. The van der Waals surface area contributed by atoms with Gasteiger partial charge in [0.1, 0.15) is 0 Å². The highest BCUT2D eigenvalue weighted by Gasteiger charge is 2.30. The van der Waals surface area contributed by atoms with Gasteiger partial charge in [0, 0.05) is 54.2 Å². The fraction of sp³-hybridized carbons (Fsp3) is 0.333. The lowest BCUT2D eigenvalue weighted by Gasteiger charge is -2.39. The number of nitrogens with zero attached hydrogens (tertiary/aromatic N) is 7. The van der Waals surface area contributed by atoms with Gasteiger partial charge in [-0.3, -0.25) is 4.40 Å². The van der Waals surface area contributed by atoms with E-state index in [0.29, 0.717) is 23.8 Å². The Balaban J connectivity index is 1.41. The summed E-state index contributed by atoms with van der Waals surface area (Å²) in [7, 11) is 4.25. The molecule has 0 atom stereocenters. The zero-order valence-electron chi connectivity index (χ0n) is 14.7. The molecule has 0 amide bonds. The SMILES string of the molecule is CN(C)[C@H]1C[C@@H](Nc2ncc3c(-c4cnc5nccn5c4)ccn3n2)C1. The summed E-state index contributed by atoms with van der Waals surface area (Å²) in [6.07, 6.45) is 13.6. The number of aromatic nitrogens is 6. The summed E-state index contributed by atoms with van der Waals surface area (Å²) in [6, 6.07) is 3.14. The van der Waals surface area contributed by atoms with E-state index in [1.54, 1.807) is 6.20 Å². The van der Waals surface area contributed by atoms with Crippen LogP contribution in [-0.4, -0.2) is 60.0 Å². The predicted molar refractivity (Wildman–Crippen MR) is 99.1 cm³/mol. The lowest BCUT2D eigenvalue weighted by Crippen LogP contribution is -2.47. The van der Waals surface area contributed by atoms with Crippen LogP contribution >= 0.6 is 0 Å². The molecule has 0 aromatic carbocycles. The molecule has 132 valence electrons. The maximum Gasteiger partial charge on any atom is 0.241 e. The number of rotatable bonds is 4. The summed E-state index contributed by atoms with van der Waals surface area (Å²) in [5, 5.41) is 8.04. The molecule has 1 aliphatic carbocycles. The molecule has 4 aromatic rings. The molecule has 1 aliphatic rings. The molecule has 1 N–H and O–H groups in total. The maximum atomic E-state index is 4.61. The zero-order valence-corrected chi connectivity index (χ0v) is 14.7. The lowest BCUT2D eigenvalue weighted by atomic mass is 9.86. The summed E-state index contributed by atoms with van der Waals surface area (Å²) in [4.78, 5) is 15.4. The Morgan fingerprint density at radius 3 is 2.85 bits per heavy atom. The normalized spacial score (nSPS) is 20.0. The molecule has 1 saturated carbocycles. The fourth-order valence-corrected chi connectivity index (χ4v) is 3.48. The van der Waals surface area contributed by atoms with Gasteiger partial charge in [-0.1, -0.05) is 0 Å². The Kier molecular flexibility index (Phi) is 3.39. The average molecular weight is 348 g/mol. The van der Waals surface area contributed by atoms with Gasteiger partial charge in [0.2, 0.25) is 11.7 Å². The van der Waals surface area contributed by atoms with Crippen LogP contribution in [0, 0.1) is 0 Å². The second-order valence-corrected chi connectivity index (χ2v) is 7.05. The molecular weight excluding hydrogens is 328 g/mol. The van der Waals surface area contributed by atoms with Crippen molar-refractivity contribution in [2.24, 2.45) is 0 Å². The number of hydrogen-bond acceptors (Lipinski definition) is 6. The quantitative estimate of drug-likeness (QED) is 0.607. The van der Waals surface area contributed by atoms with Crippen LogP contribution in [0.1, 0.15) is 12.8 Å². The number of anilines is 1. The molecule has 4 aromatic heterocycles. The van der Waals surface area contributed by atoms with E-state index in [2.05, 4.69) is 44.4 Å². The van der Waals surface area contributed by atoms with Crippen LogP contribution in [0.4, 0.5) is 5.95 Å². The van der Waals surface area contributed by atoms with Crippen LogP contribution in [-0.2, 0) is 0 Å². The molecule has 0 unspecified atom stereocenters. The number of fused-ring (bicyclic) bond motifs is 2. The van der Waals surface area contributed by atoms with Gasteiger partial charge in [-0.2, -0.15) is 0 Å². The van der Waals surface area contributed by atoms with Crippen molar-refractivity contribution in [3.8, 4) is 11.1 Å². The first-order valence-corrected chi connectivity index (χ1v) is 8.74. The average Bonchev–Trinajstić information content (AvgIpc) is 3.22. The van der Waals surface area contributed by atoms with Gasteiger partial charge in [-0.25, -0.2) is 19.5 Å². The predicted octanol–water partition coefficient (Wildman–Crippen LogP) is 1.94. The van der Waals surface area contributed by atoms with Crippen molar-refractivity contribution in [2.45, 2.75) is 24.9 Å². The summed E-state index contributed by atoms with van der Waals surface area (Å²) in [6.45, 7) is 0. The van der Waals surface area contributed by atoms with E-state index >= 15 is 0 Å². The van der Waals surface area contributed by atoms with Gasteiger partial charge in [0.05, 0.1) is 11.7 Å². The van der Waals surface area contributed by atoms with E-state index in [4.69, 9.17) is 0 Å².